The van der Waals surface area contributed by atoms with Crippen molar-refractivity contribution in [1.82, 2.24) is 5.32 Å². The number of nitrogens with two attached hydrogens (primary N) is 1. The van der Waals surface area contributed by atoms with Gasteiger partial charge >= 0.3 is 0 Å². The summed E-state index contributed by atoms with van der Waals surface area (Å²) < 4.78 is 0. The molecule has 116 valence electrons. The van der Waals surface area contributed by atoms with E-state index in [-0.39, 0.29) is 23.2 Å². The zero-order valence-electron chi connectivity index (χ0n) is 13.3. The molecule has 4 heteroatoms. The molecule has 0 heterocycles. The molecule has 0 aromatic heterocycles. The summed E-state index contributed by atoms with van der Waals surface area (Å²) in [7, 11) is 0. The normalized spacial score (nSPS) is 14.3. The maximum atomic E-state index is 12.6. The second-order valence-electron chi connectivity index (χ2n) is 6.24. The van der Waals surface area contributed by atoms with E-state index in [0.29, 0.717) is 11.5 Å². The lowest BCUT2D eigenvalue weighted by Gasteiger charge is -2.27. The van der Waals surface area contributed by atoms with Crippen molar-refractivity contribution in [2.24, 2.45) is 17.1 Å². The van der Waals surface area contributed by atoms with Crippen LogP contribution in [0.3, 0.4) is 0 Å². The number of amides is 1. The number of nitrogens with one attached hydrogen (secondary N) is 1. The van der Waals surface area contributed by atoms with E-state index in [2.05, 4.69) is 19.2 Å². The van der Waals surface area contributed by atoms with Crippen molar-refractivity contribution in [2.45, 2.75) is 40.0 Å². The highest BCUT2D eigenvalue weighted by atomic mass is 32.1. The number of hydrogen-bond donors (Lipinski definition) is 2. The third-order valence-corrected chi connectivity index (χ3v) is 4.58. The van der Waals surface area contributed by atoms with Crippen molar-refractivity contribution >= 4 is 23.1 Å². The van der Waals surface area contributed by atoms with Gasteiger partial charge in [0.15, 0.2) is 0 Å². The zero-order valence-corrected chi connectivity index (χ0v) is 14.2. The van der Waals surface area contributed by atoms with Gasteiger partial charge in [0.1, 0.15) is 0 Å². The fraction of sp³-hybridized carbons (Fsp3) is 0.529. The van der Waals surface area contributed by atoms with Gasteiger partial charge in [-0.3, -0.25) is 4.79 Å². The first-order valence-electron chi connectivity index (χ1n) is 7.42. The van der Waals surface area contributed by atoms with E-state index in [0.717, 1.165) is 12.0 Å². The highest BCUT2D eigenvalue weighted by molar-refractivity contribution is 7.80. The molecule has 2 atom stereocenters. The molecule has 1 aromatic carbocycles. The smallest absolute Gasteiger partial charge is 0.227 e. The van der Waals surface area contributed by atoms with Gasteiger partial charge in [-0.1, -0.05) is 76.7 Å². The van der Waals surface area contributed by atoms with Crippen LogP contribution in [0.1, 0.15) is 45.6 Å². The van der Waals surface area contributed by atoms with Crippen molar-refractivity contribution < 1.29 is 4.79 Å². The molecular weight excluding hydrogens is 280 g/mol. The molecule has 21 heavy (non-hydrogen) atoms. The SMILES string of the molecule is CCC(C)C(C(=O)NCC(C)(C)C(N)=S)c1ccccc1. The molecule has 0 saturated carbocycles. The summed E-state index contributed by atoms with van der Waals surface area (Å²) in [6.07, 6.45) is 0.950. The standard InChI is InChI=1S/C17H26N2OS/c1-5-12(2)14(13-9-7-6-8-10-13)15(20)19-11-17(3,4)16(18)21/h6-10,12,14H,5,11H2,1-4H3,(H2,18,21)(H,19,20). The average molecular weight is 306 g/mol. The molecule has 0 saturated heterocycles. The molecule has 1 rings (SSSR count). The van der Waals surface area contributed by atoms with E-state index in [4.69, 9.17) is 18.0 Å². The molecule has 0 aliphatic rings. The summed E-state index contributed by atoms with van der Waals surface area (Å²) in [4.78, 5) is 13.0. The van der Waals surface area contributed by atoms with Crippen LogP contribution in [0.15, 0.2) is 30.3 Å². The first kappa shape index (κ1) is 17.6. The molecule has 3 N–H and O–H groups in total. The van der Waals surface area contributed by atoms with Crippen LogP contribution in [0, 0.1) is 11.3 Å². The predicted molar refractivity (Wildman–Crippen MR) is 92.2 cm³/mol. The maximum absolute atomic E-state index is 12.6. The number of thiocarbonyl (C=S) groups is 1. The lowest BCUT2D eigenvalue weighted by Crippen LogP contribution is -2.43. The van der Waals surface area contributed by atoms with Crippen molar-refractivity contribution in [1.29, 1.82) is 0 Å². The summed E-state index contributed by atoms with van der Waals surface area (Å²) >= 11 is 5.04. The van der Waals surface area contributed by atoms with Gasteiger partial charge in [-0.15, -0.1) is 0 Å². The molecule has 0 fully saturated rings. The van der Waals surface area contributed by atoms with Crippen LogP contribution >= 0.6 is 12.2 Å². The molecule has 0 aliphatic carbocycles. The van der Waals surface area contributed by atoms with Gasteiger partial charge in [0.05, 0.1) is 10.9 Å². The van der Waals surface area contributed by atoms with Gasteiger partial charge in [0.2, 0.25) is 5.91 Å². The van der Waals surface area contributed by atoms with Gasteiger partial charge in [0.25, 0.3) is 0 Å². The number of carbonyl (C=O) groups is 1. The Bertz CT molecular complexity index is 485. The van der Waals surface area contributed by atoms with Crippen LogP contribution in [0.2, 0.25) is 0 Å². The van der Waals surface area contributed by atoms with Crippen molar-refractivity contribution in [3.05, 3.63) is 35.9 Å². The fourth-order valence-corrected chi connectivity index (χ4v) is 2.21. The predicted octanol–water partition coefficient (Wildman–Crippen LogP) is 3.24. The van der Waals surface area contributed by atoms with E-state index in [1.54, 1.807) is 0 Å². The molecule has 3 nitrogen and oxygen atoms in total. The third-order valence-electron chi connectivity index (χ3n) is 4.03. The molecule has 1 aromatic rings. The number of carbonyl (C=O) groups excluding carboxylic acids is 1. The molecule has 1 amide bonds. The summed E-state index contributed by atoms with van der Waals surface area (Å²) in [5.74, 6) is 0.179. The number of hydrogen-bond acceptors (Lipinski definition) is 2. The Morgan fingerprint density at radius 3 is 2.38 bits per heavy atom. The largest absolute Gasteiger partial charge is 0.393 e. The Hall–Kier alpha value is -1.42. The van der Waals surface area contributed by atoms with Crippen molar-refractivity contribution in [2.75, 3.05) is 6.54 Å². The minimum Gasteiger partial charge on any atom is -0.393 e. The summed E-state index contributed by atoms with van der Waals surface area (Å²) in [5, 5.41) is 3.01. The second-order valence-corrected chi connectivity index (χ2v) is 6.68. The average Bonchev–Trinajstić information content (AvgIpc) is 2.46. The van der Waals surface area contributed by atoms with Gasteiger partial charge in [-0.25, -0.2) is 0 Å². The van der Waals surface area contributed by atoms with Crippen molar-refractivity contribution in [3.63, 3.8) is 0 Å². The van der Waals surface area contributed by atoms with Gasteiger partial charge < -0.3 is 11.1 Å². The highest BCUT2D eigenvalue weighted by Crippen LogP contribution is 2.27. The summed E-state index contributed by atoms with van der Waals surface area (Å²) in [6, 6.07) is 9.92. The minimum atomic E-state index is -0.373. The van der Waals surface area contributed by atoms with E-state index >= 15 is 0 Å². The Morgan fingerprint density at radius 2 is 1.90 bits per heavy atom. The van der Waals surface area contributed by atoms with Crippen LogP contribution in [0.5, 0.6) is 0 Å². The quantitative estimate of drug-likeness (QED) is 0.760. The van der Waals surface area contributed by atoms with Crippen LogP contribution in [0.4, 0.5) is 0 Å². The summed E-state index contributed by atoms with van der Waals surface area (Å²) in [5.41, 5.74) is 6.39. The van der Waals surface area contributed by atoms with Gasteiger partial charge in [-0.05, 0) is 11.5 Å². The molecule has 0 spiro atoms. The molecule has 0 radical (unpaired) electrons. The van der Waals surface area contributed by atoms with Crippen LogP contribution < -0.4 is 11.1 Å². The first-order chi connectivity index (χ1) is 9.79. The monoisotopic (exact) mass is 306 g/mol. The Morgan fingerprint density at radius 1 is 1.33 bits per heavy atom. The minimum absolute atomic E-state index is 0.0416. The lowest BCUT2D eigenvalue weighted by molar-refractivity contribution is -0.123. The van der Waals surface area contributed by atoms with Crippen LogP contribution in [0.25, 0.3) is 0 Å². The van der Waals surface area contributed by atoms with Crippen LogP contribution in [-0.4, -0.2) is 17.4 Å². The fourth-order valence-electron chi connectivity index (χ4n) is 2.14. The molecule has 0 bridgehead atoms. The van der Waals surface area contributed by atoms with E-state index in [9.17, 15) is 4.79 Å². The van der Waals surface area contributed by atoms with Crippen molar-refractivity contribution in [3.8, 4) is 0 Å². The first-order valence-corrected chi connectivity index (χ1v) is 7.83. The zero-order chi connectivity index (χ0) is 16.0. The van der Waals surface area contributed by atoms with E-state index < -0.39 is 0 Å². The molecule has 2 unspecified atom stereocenters. The maximum Gasteiger partial charge on any atom is 0.227 e. The van der Waals surface area contributed by atoms with Gasteiger partial charge in [-0.2, -0.15) is 0 Å². The second kappa shape index (κ2) is 7.55. The lowest BCUT2D eigenvalue weighted by atomic mass is 9.84. The topological polar surface area (TPSA) is 55.1 Å². The Kier molecular flexibility index (Phi) is 6.34. The number of benzene rings is 1. The number of rotatable bonds is 7. The van der Waals surface area contributed by atoms with E-state index in [1.165, 1.54) is 0 Å². The van der Waals surface area contributed by atoms with E-state index in [1.807, 2.05) is 44.2 Å². The van der Waals surface area contributed by atoms with Gasteiger partial charge in [0, 0.05) is 12.0 Å². The third kappa shape index (κ3) is 4.81. The Balaban J connectivity index is 2.86. The molecular formula is C17H26N2OS. The highest BCUT2D eigenvalue weighted by Gasteiger charge is 2.28. The van der Waals surface area contributed by atoms with Crippen LogP contribution in [-0.2, 0) is 4.79 Å². The molecule has 0 aliphatic heterocycles. The summed E-state index contributed by atoms with van der Waals surface area (Å²) in [6.45, 7) is 8.55. The Labute approximate surface area is 133 Å².